The summed E-state index contributed by atoms with van der Waals surface area (Å²) in [5, 5.41) is 10.3. The van der Waals surface area contributed by atoms with E-state index in [0.29, 0.717) is 29.0 Å². The maximum absolute atomic E-state index is 11.8. The summed E-state index contributed by atoms with van der Waals surface area (Å²) in [6, 6.07) is 13.1. The van der Waals surface area contributed by atoms with E-state index in [1.54, 1.807) is 6.07 Å². The van der Waals surface area contributed by atoms with E-state index >= 15 is 0 Å². The SMILES string of the molecule is CCOc1ccccc1-c1cc(C(=O)O)c2c(C)cc(C)cc2n1. The minimum absolute atomic E-state index is 0.263. The van der Waals surface area contributed by atoms with Gasteiger partial charge in [0, 0.05) is 10.9 Å². The molecular weight excluding hydrogens is 302 g/mol. The quantitative estimate of drug-likeness (QED) is 0.762. The summed E-state index contributed by atoms with van der Waals surface area (Å²) in [7, 11) is 0. The van der Waals surface area contributed by atoms with Gasteiger partial charge in [0.05, 0.1) is 23.4 Å². The summed E-state index contributed by atoms with van der Waals surface area (Å²) in [6.07, 6.45) is 0. The van der Waals surface area contributed by atoms with Gasteiger partial charge < -0.3 is 9.84 Å². The highest BCUT2D eigenvalue weighted by Gasteiger charge is 2.17. The Kier molecular flexibility index (Phi) is 4.21. The van der Waals surface area contributed by atoms with E-state index in [9.17, 15) is 9.90 Å². The first-order chi connectivity index (χ1) is 11.5. The summed E-state index contributed by atoms with van der Waals surface area (Å²) in [5.74, 6) is -0.253. The number of hydrogen-bond donors (Lipinski definition) is 1. The number of nitrogens with zero attached hydrogens (tertiary/aromatic N) is 1. The van der Waals surface area contributed by atoms with Crippen molar-refractivity contribution in [3.63, 3.8) is 0 Å². The van der Waals surface area contributed by atoms with E-state index in [4.69, 9.17) is 9.72 Å². The normalized spacial score (nSPS) is 10.8. The molecule has 24 heavy (non-hydrogen) atoms. The molecule has 0 aliphatic carbocycles. The fraction of sp³-hybridized carbons (Fsp3) is 0.200. The summed E-state index contributed by atoms with van der Waals surface area (Å²) in [5.41, 5.74) is 4.32. The van der Waals surface area contributed by atoms with Crippen molar-refractivity contribution in [2.45, 2.75) is 20.8 Å². The van der Waals surface area contributed by atoms with E-state index in [-0.39, 0.29) is 5.56 Å². The Labute approximate surface area is 140 Å². The predicted molar refractivity (Wildman–Crippen MR) is 94.8 cm³/mol. The highest BCUT2D eigenvalue weighted by atomic mass is 16.5. The van der Waals surface area contributed by atoms with Crippen LogP contribution in [0.5, 0.6) is 5.75 Å². The molecule has 2 aromatic carbocycles. The molecule has 122 valence electrons. The number of aryl methyl sites for hydroxylation is 2. The number of carboxylic acids is 1. The molecule has 0 atom stereocenters. The number of carbonyl (C=O) groups is 1. The molecule has 0 radical (unpaired) electrons. The van der Waals surface area contributed by atoms with Gasteiger partial charge in [-0.2, -0.15) is 0 Å². The largest absolute Gasteiger partial charge is 0.493 e. The van der Waals surface area contributed by atoms with Crippen molar-refractivity contribution in [3.05, 3.63) is 59.2 Å². The number of para-hydroxylation sites is 1. The molecule has 3 rings (SSSR count). The van der Waals surface area contributed by atoms with Gasteiger partial charge in [-0.25, -0.2) is 9.78 Å². The highest BCUT2D eigenvalue weighted by Crippen LogP contribution is 2.32. The van der Waals surface area contributed by atoms with Crippen molar-refractivity contribution in [1.29, 1.82) is 0 Å². The standard InChI is InChI=1S/C20H19NO3/c1-4-24-18-8-6-5-7-14(18)16-11-15(20(22)23)19-13(3)9-12(2)10-17(19)21-16/h5-11H,4H2,1-3H3,(H,22,23). The first kappa shape index (κ1) is 16.0. The Morgan fingerprint density at radius 1 is 1.17 bits per heavy atom. The number of pyridine rings is 1. The van der Waals surface area contributed by atoms with Gasteiger partial charge in [0.1, 0.15) is 5.75 Å². The average molecular weight is 321 g/mol. The third-order valence-electron chi connectivity index (χ3n) is 3.94. The Hall–Kier alpha value is -2.88. The number of carboxylic acid groups (broad SMARTS) is 1. The summed E-state index contributed by atoms with van der Waals surface area (Å²) in [6.45, 7) is 6.35. The second-order valence-corrected chi connectivity index (χ2v) is 5.77. The topological polar surface area (TPSA) is 59.4 Å². The van der Waals surface area contributed by atoms with Crippen LogP contribution in [-0.4, -0.2) is 22.7 Å². The molecular formula is C20H19NO3. The number of hydrogen-bond acceptors (Lipinski definition) is 3. The molecule has 4 nitrogen and oxygen atoms in total. The van der Waals surface area contributed by atoms with E-state index in [0.717, 1.165) is 16.7 Å². The van der Waals surface area contributed by atoms with Crippen molar-refractivity contribution in [1.82, 2.24) is 4.98 Å². The third kappa shape index (κ3) is 2.83. The fourth-order valence-corrected chi connectivity index (χ4v) is 3.02. The second-order valence-electron chi connectivity index (χ2n) is 5.77. The number of fused-ring (bicyclic) bond motifs is 1. The van der Waals surface area contributed by atoms with Crippen LogP contribution < -0.4 is 4.74 Å². The Bertz CT molecular complexity index is 932. The van der Waals surface area contributed by atoms with E-state index in [1.165, 1.54) is 0 Å². The Morgan fingerprint density at radius 3 is 2.62 bits per heavy atom. The Morgan fingerprint density at radius 2 is 1.92 bits per heavy atom. The molecule has 1 aromatic heterocycles. The highest BCUT2D eigenvalue weighted by molar-refractivity contribution is 6.05. The smallest absolute Gasteiger partial charge is 0.336 e. The van der Waals surface area contributed by atoms with Crippen molar-refractivity contribution < 1.29 is 14.6 Å². The van der Waals surface area contributed by atoms with Crippen LogP contribution in [-0.2, 0) is 0 Å². The van der Waals surface area contributed by atoms with Gasteiger partial charge >= 0.3 is 5.97 Å². The zero-order chi connectivity index (χ0) is 17.3. The van der Waals surface area contributed by atoms with Gasteiger partial charge in [-0.05, 0) is 56.2 Å². The third-order valence-corrected chi connectivity index (χ3v) is 3.94. The monoisotopic (exact) mass is 321 g/mol. The molecule has 0 saturated heterocycles. The van der Waals surface area contributed by atoms with Crippen LogP contribution in [0.25, 0.3) is 22.2 Å². The molecule has 4 heteroatoms. The molecule has 0 spiro atoms. The average Bonchev–Trinajstić information content (AvgIpc) is 2.54. The molecule has 0 unspecified atom stereocenters. The maximum atomic E-state index is 11.8. The zero-order valence-electron chi connectivity index (χ0n) is 14.0. The lowest BCUT2D eigenvalue weighted by Gasteiger charge is -2.13. The lowest BCUT2D eigenvalue weighted by molar-refractivity contribution is 0.0699. The molecule has 1 heterocycles. The van der Waals surface area contributed by atoms with Crippen LogP contribution in [0, 0.1) is 13.8 Å². The summed E-state index contributed by atoms with van der Waals surface area (Å²) >= 11 is 0. The minimum atomic E-state index is -0.954. The number of rotatable bonds is 4. The van der Waals surface area contributed by atoms with E-state index in [2.05, 4.69) is 0 Å². The number of aromatic carboxylic acids is 1. The lowest BCUT2D eigenvalue weighted by atomic mass is 9.99. The molecule has 0 amide bonds. The predicted octanol–water partition coefficient (Wildman–Crippen LogP) is 4.62. The van der Waals surface area contributed by atoms with Crippen LogP contribution >= 0.6 is 0 Å². The van der Waals surface area contributed by atoms with Crippen molar-refractivity contribution in [2.24, 2.45) is 0 Å². The Balaban J connectivity index is 2.33. The summed E-state index contributed by atoms with van der Waals surface area (Å²) in [4.78, 5) is 16.5. The van der Waals surface area contributed by atoms with Gasteiger partial charge in [-0.1, -0.05) is 18.2 Å². The number of aromatic nitrogens is 1. The number of ether oxygens (including phenoxy) is 1. The zero-order valence-corrected chi connectivity index (χ0v) is 14.0. The van der Waals surface area contributed by atoms with E-state index in [1.807, 2.05) is 57.2 Å². The first-order valence-corrected chi connectivity index (χ1v) is 7.88. The lowest BCUT2D eigenvalue weighted by Crippen LogP contribution is -2.03. The van der Waals surface area contributed by atoms with Crippen LogP contribution in [0.4, 0.5) is 0 Å². The fourth-order valence-electron chi connectivity index (χ4n) is 3.02. The van der Waals surface area contributed by atoms with Gasteiger partial charge in [-0.15, -0.1) is 0 Å². The molecule has 0 aliphatic heterocycles. The number of benzene rings is 2. The minimum Gasteiger partial charge on any atom is -0.493 e. The van der Waals surface area contributed by atoms with Gasteiger partial charge in [-0.3, -0.25) is 0 Å². The molecule has 1 N–H and O–H groups in total. The van der Waals surface area contributed by atoms with Gasteiger partial charge in [0.2, 0.25) is 0 Å². The van der Waals surface area contributed by atoms with Crippen molar-refractivity contribution in [2.75, 3.05) is 6.61 Å². The van der Waals surface area contributed by atoms with Crippen LogP contribution in [0.15, 0.2) is 42.5 Å². The van der Waals surface area contributed by atoms with Crippen molar-refractivity contribution >= 4 is 16.9 Å². The molecule has 0 bridgehead atoms. The van der Waals surface area contributed by atoms with Gasteiger partial charge in [0.25, 0.3) is 0 Å². The molecule has 0 aliphatic rings. The molecule has 0 fully saturated rings. The van der Waals surface area contributed by atoms with E-state index < -0.39 is 5.97 Å². The maximum Gasteiger partial charge on any atom is 0.336 e. The first-order valence-electron chi connectivity index (χ1n) is 7.88. The van der Waals surface area contributed by atoms with Gasteiger partial charge in [0.15, 0.2) is 0 Å². The molecule has 0 saturated carbocycles. The van der Waals surface area contributed by atoms with Crippen LogP contribution in [0.3, 0.4) is 0 Å². The van der Waals surface area contributed by atoms with Crippen molar-refractivity contribution in [3.8, 4) is 17.0 Å². The summed E-state index contributed by atoms with van der Waals surface area (Å²) < 4.78 is 5.66. The molecule has 3 aromatic rings. The van der Waals surface area contributed by atoms with Crippen LogP contribution in [0.1, 0.15) is 28.4 Å². The van der Waals surface area contributed by atoms with Crippen LogP contribution in [0.2, 0.25) is 0 Å². The second kappa shape index (κ2) is 6.32.